The smallest absolute Gasteiger partial charge is 0.315 e. The van der Waals surface area contributed by atoms with Crippen LogP contribution in [-0.4, -0.2) is 43.8 Å². The van der Waals surface area contributed by atoms with E-state index in [0.717, 1.165) is 6.42 Å². The van der Waals surface area contributed by atoms with E-state index in [2.05, 4.69) is 10.6 Å². The number of nitrogens with one attached hydrogen (secondary N) is 2. The standard InChI is InChI=1S/C17H24FN3O3/c1-12(2)24-9-3-8-19-17(23)20-14-10-16(22)21(11-14)15-6-4-13(18)5-7-15/h4-7,12,14H,3,8-11H2,1-2H3,(H2,19,20,23)/t14-/m1/s1. The van der Waals surface area contributed by atoms with Gasteiger partial charge >= 0.3 is 6.03 Å². The lowest BCUT2D eigenvalue weighted by atomic mass is 10.2. The number of urea groups is 1. The number of anilines is 1. The van der Waals surface area contributed by atoms with Crippen molar-refractivity contribution in [2.45, 2.75) is 38.8 Å². The van der Waals surface area contributed by atoms with Gasteiger partial charge in [-0.2, -0.15) is 0 Å². The van der Waals surface area contributed by atoms with Crippen molar-refractivity contribution in [2.24, 2.45) is 0 Å². The van der Waals surface area contributed by atoms with Gasteiger partial charge in [-0.1, -0.05) is 0 Å². The molecule has 1 aromatic rings. The summed E-state index contributed by atoms with van der Waals surface area (Å²) in [5.74, 6) is -0.432. The highest BCUT2D eigenvalue weighted by molar-refractivity contribution is 5.96. The fourth-order valence-corrected chi connectivity index (χ4v) is 2.50. The molecule has 1 aromatic carbocycles. The Morgan fingerprint density at radius 1 is 1.38 bits per heavy atom. The Balaban J connectivity index is 1.73. The van der Waals surface area contributed by atoms with E-state index in [1.54, 1.807) is 17.0 Å². The highest BCUT2D eigenvalue weighted by atomic mass is 19.1. The van der Waals surface area contributed by atoms with Crippen molar-refractivity contribution < 1.29 is 18.7 Å². The van der Waals surface area contributed by atoms with Gasteiger partial charge in [0.2, 0.25) is 5.91 Å². The molecule has 0 radical (unpaired) electrons. The van der Waals surface area contributed by atoms with Gasteiger partial charge in [0.05, 0.1) is 12.1 Å². The summed E-state index contributed by atoms with van der Waals surface area (Å²) in [4.78, 5) is 25.5. The molecule has 24 heavy (non-hydrogen) atoms. The summed E-state index contributed by atoms with van der Waals surface area (Å²) in [5.41, 5.74) is 0.636. The molecule has 1 aliphatic heterocycles. The average Bonchev–Trinajstić information content (AvgIpc) is 2.88. The van der Waals surface area contributed by atoms with E-state index in [1.807, 2.05) is 13.8 Å². The van der Waals surface area contributed by atoms with Crippen LogP contribution in [0.15, 0.2) is 24.3 Å². The van der Waals surface area contributed by atoms with Crippen molar-refractivity contribution in [3.05, 3.63) is 30.1 Å². The first-order chi connectivity index (χ1) is 11.5. The fraction of sp³-hybridized carbons (Fsp3) is 0.529. The minimum atomic E-state index is -0.346. The Kier molecular flexibility index (Phi) is 6.54. The predicted molar refractivity (Wildman–Crippen MR) is 89.4 cm³/mol. The zero-order chi connectivity index (χ0) is 17.5. The first-order valence-electron chi connectivity index (χ1n) is 8.17. The second kappa shape index (κ2) is 8.63. The maximum Gasteiger partial charge on any atom is 0.315 e. The first-order valence-corrected chi connectivity index (χ1v) is 8.17. The maximum absolute atomic E-state index is 13.0. The highest BCUT2D eigenvalue weighted by Gasteiger charge is 2.31. The lowest BCUT2D eigenvalue weighted by Gasteiger charge is -2.17. The molecule has 3 amide bonds. The van der Waals surface area contributed by atoms with Gasteiger partial charge in [-0.3, -0.25) is 4.79 Å². The number of carbonyl (C=O) groups excluding carboxylic acids is 2. The largest absolute Gasteiger partial charge is 0.379 e. The number of halogens is 1. The van der Waals surface area contributed by atoms with Crippen molar-refractivity contribution in [2.75, 3.05) is 24.6 Å². The highest BCUT2D eigenvalue weighted by Crippen LogP contribution is 2.21. The molecule has 0 aromatic heterocycles. The molecule has 0 bridgehead atoms. The van der Waals surface area contributed by atoms with Crippen LogP contribution >= 0.6 is 0 Å². The third-order valence-electron chi connectivity index (χ3n) is 3.66. The Hall–Kier alpha value is -2.15. The lowest BCUT2D eigenvalue weighted by Crippen LogP contribution is -2.43. The van der Waals surface area contributed by atoms with E-state index >= 15 is 0 Å². The summed E-state index contributed by atoms with van der Waals surface area (Å²) in [6.45, 7) is 5.42. The van der Waals surface area contributed by atoms with Gasteiger partial charge in [0.25, 0.3) is 0 Å². The molecule has 0 spiro atoms. The maximum atomic E-state index is 13.0. The third kappa shape index (κ3) is 5.49. The molecule has 6 nitrogen and oxygen atoms in total. The van der Waals surface area contributed by atoms with Crippen LogP contribution in [0.1, 0.15) is 26.7 Å². The van der Waals surface area contributed by atoms with E-state index in [4.69, 9.17) is 4.74 Å². The number of ether oxygens (including phenoxy) is 1. The summed E-state index contributed by atoms with van der Waals surface area (Å²) >= 11 is 0. The van der Waals surface area contributed by atoms with Gasteiger partial charge in [0, 0.05) is 31.8 Å². The molecule has 2 rings (SSSR count). The van der Waals surface area contributed by atoms with Crippen LogP contribution in [0, 0.1) is 5.82 Å². The molecule has 1 heterocycles. The van der Waals surface area contributed by atoms with Crippen LogP contribution in [0.25, 0.3) is 0 Å². The molecule has 1 aliphatic rings. The fourth-order valence-electron chi connectivity index (χ4n) is 2.50. The first kappa shape index (κ1) is 18.2. The van der Waals surface area contributed by atoms with Gasteiger partial charge < -0.3 is 20.3 Å². The topological polar surface area (TPSA) is 70.7 Å². The number of amides is 3. The van der Waals surface area contributed by atoms with Crippen LogP contribution in [0.2, 0.25) is 0 Å². The van der Waals surface area contributed by atoms with Crippen LogP contribution in [-0.2, 0) is 9.53 Å². The Morgan fingerprint density at radius 3 is 2.75 bits per heavy atom. The molecule has 1 fully saturated rings. The van der Waals surface area contributed by atoms with E-state index in [-0.39, 0.29) is 36.3 Å². The van der Waals surface area contributed by atoms with E-state index in [1.165, 1.54) is 12.1 Å². The van der Waals surface area contributed by atoms with Crippen LogP contribution in [0.5, 0.6) is 0 Å². The molecule has 2 N–H and O–H groups in total. The Labute approximate surface area is 141 Å². The minimum Gasteiger partial charge on any atom is -0.379 e. The summed E-state index contributed by atoms with van der Waals surface area (Å²) in [6, 6.07) is 5.20. The van der Waals surface area contributed by atoms with E-state index in [9.17, 15) is 14.0 Å². The number of hydrogen-bond acceptors (Lipinski definition) is 3. The number of nitrogens with zero attached hydrogens (tertiary/aromatic N) is 1. The van der Waals surface area contributed by atoms with Crippen LogP contribution in [0.4, 0.5) is 14.9 Å². The number of rotatable bonds is 7. The second-order valence-electron chi connectivity index (χ2n) is 6.06. The molecule has 1 atom stereocenters. The van der Waals surface area contributed by atoms with Gasteiger partial charge in [-0.05, 0) is 44.5 Å². The van der Waals surface area contributed by atoms with Gasteiger partial charge in [0.15, 0.2) is 0 Å². The van der Waals surface area contributed by atoms with Crippen molar-refractivity contribution in [3.63, 3.8) is 0 Å². The summed E-state index contributed by atoms with van der Waals surface area (Å²) in [6.07, 6.45) is 1.15. The molecule has 0 saturated carbocycles. The third-order valence-corrected chi connectivity index (χ3v) is 3.66. The second-order valence-corrected chi connectivity index (χ2v) is 6.06. The lowest BCUT2D eigenvalue weighted by molar-refractivity contribution is -0.117. The molecular weight excluding hydrogens is 313 g/mol. The zero-order valence-corrected chi connectivity index (χ0v) is 14.0. The molecule has 132 valence electrons. The number of carbonyl (C=O) groups is 2. The van der Waals surface area contributed by atoms with E-state index in [0.29, 0.717) is 25.4 Å². The molecule has 0 aliphatic carbocycles. The van der Waals surface area contributed by atoms with E-state index < -0.39 is 0 Å². The monoisotopic (exact) mass is 337 g/mol. The number of hydrogen-bond donors (Lipinski definition) is 2. The van der Waals surface area contributed by atoms with Crippen LogP contribution < -0.4 is 15.5 Å². The molecular formula is C17H24FN3O3. The zero-order valence-electron chi connectivity index (χ0n) is 14.0. The Bertz CT molecular complexity index is 563. The predicted octanol–water partition coefficient (Wildman–Crippen LogP) is 2.05. The summed E-state index contributed by atoms with van der Waals surface area (Å²) in [7, 11) is 0. The van der Waals surface area contributed by atoms with Crippen LogP contribution in [0.3, 0.4) is 0 Å². The minimum absolute atomic E-state index is 0.0859. The SMILES string of the molecule is CC(C)OCCCNC(=O)N[C@@H]1CC(=O)N(c2ccc(F)cc2)C1. The molecule has 7 heteroatoms. The van der Waals surface area contributed by atoms with Gasteiger partial charge in [-0.25, -0.2) is 9.18 Å². The Morgan fingerprint density at radius 2 is 2.08 bits per heavy atom. The normalized spacial score (nSPS) is 17.4. The van der Waals surface area contributed by atoms with Gasteiger partial charge in [-0.15, -0.1) is 0 Å². The summed E-state index contributed by atoms with van der Waals surface area (Å²) < 4.78 is 18.4. The number of benzene rings is 1. The van der Waals surface area contributed by atoms with Crippen molar-refractivity contribution >= 4 is 17.6 Å². The molecule has 1 saturated heterocycles. The van der Waals surface area contributed by atoms with Crippen molar-refractivity contribution in [1.82, 2.24) is 10.6 Å². The summed E-state index contributed by atoms with van der Waals surface area (Å²) in [5, 5.41) is 5.54. The quantitative estimate of drug-likeness (QED) is 0.748. The van der Waals surface area contributed by atoms with Crippen molar-refractivity contribution in [3.8, 4) is 0 Å². The van der Waals surface area contributed by atoms with Crippen molar-refractivity contribution in [1.29, 1.82) is 0 Å². The molecule has 0 unspecified atom stereocenters. The van der Waals surface area contributed by atoms with Gasteiger partial charge in [0.1, 0.15) is 5.82 Å². The average molecular weight is 337 g/mol.